The van der Waals surface area contributed by atoms with Crippen LogP contribution in [0, 0.1) is 27.7 Å². The van der Waals surface area contributed by atoms with Crippen molar-refractivity contribution < 1.29 is 4.74 Å². The lowest BCUT2D eigenvalue weighted by Gasteiger charge is -2.12. The first kappa shape index (κ1) is 13.5. The third-order valence-electron chi connectivity index (χ3n) is 2.91. The number of aryl methyl sites for hydroxylation is 4. The monoisotopic (exact) mass is 257 g/mol. The van der Waals surface area contributed by atoms with Crippen molar-refractivity contribution in [3.8, 4) is 11.8 Å². The second-order valence-corrected chi connectivity index (χ2v) is 4.80. The van der Waals surface area contributed by atoms with Crippen molar-refractivity contribution in [2.45, 2.75) is 34.2 Å². The molecule has 0 aliphatic heterocycles. The summed E-state index contributed by atoms with van der Waals surface area (Å²) in [5.74, 6) is 0.808. The molecule has 19 heavy (non-hydrogen) atoms. The SMILES string of the molecule is Cc1cc(C)nc(Oc2c(C)cc(CN)cc2C)n1. The minimum absolute atomic E-state index is 0.393. The van der Waals surface area contributed by atoms with Crippen molar-refractivity contribution in [2.24, 2.45) is 5.73 Å². The molecule has 0 atom stereocenters. The number of ether oxygens (including phenoxy) is 1. The molecular weight excluding hydrogens is 238 g/mol. The number of benzene rings is 1. The molecule has 100 valence electrons. The Morgan fingerprint density at radius 2 is 1.47 bits per heavy atom. The third kappa shape index (κ3) is 3.09. The Morgan fingerprint density at radius 1 is 0.947 bits per heavy atom. The molecule has 1 aromatic carbocycles. The lowest BCUT2D eigenvalue weighted by molar-refractivity contribution is 0.432. The largest absolute Gasteiger partial charge is 0.424 e. The van der Waals surface area contributed by atoms with Crippen molar-refractivity contribution in [3.63, 3.8) is 0 Å². The second-order valence-electron chi connectivity index (χ2n) is 4.80. The maximum absolute atomic E-state index is 5.84. The summed E-state index contributed by atoms with van der Waals surface area (Å²) in [7, 11) is 0. The number of rotatable bonds is 3. The fraction of sp³-hybridized carbons (Fsp3) is 0.333. The molecular formula is C15H19N3O. The van der Waals surface area contributed by atoms with E-state index < -0.39 is 0 Å². The van der Waals surface area contributed by atoms with Gasteiger partial charge < -0.3 is 10.5 Å². The van der Waals surface area contributed by atoms with E-state index >= 15 is 0 Å². The van der Waals surface area contributed by atoms with Gasteiger partial charge >= 0.3 is 6.01 Å². The highest BCUT2D eigenvalue weighted by molar-refractivity contribution is 5.44. The highest BCUT2D eigenvalue weighted by atomic mass is 16.5. The molecule has 0 spiro atoms. The zero-order valence-corrected chi connectivity index (χ0v) is 11.8. The van der Waals surface area contributed by atoms with E-state index in [-0.39, 0.29) is 0 Å². The molecule has 0 saturated carbocycles. The number of aromatic nitrogens is 2. The van der Waals surface area contributed by atoms with E-state index in [1.54, 1.807) is 0 Å². The van der Waals surface area contributed by atoms with Crippen LogP contribution in [-0.2, 0) is 6.54 Å². The van der Waals surface area contributed by atoms with Crippen molar-refractivity contribution in [1.82, 2.24) is 9.97 Å². The van der Waals surface area contributed by atoms with E-state index in [4.69, 9.17) is 10.5 Å². The van der Waals surface area contributed by atoms with Gasteiger partial charge in [0.15, 0.2) is 0 Å². The highest BCUT2D eigenvalue weighted by Gasteiger charge is 2.09. The van der Waals surface area contributed by atoms with Gasteiger partial charge in [0.25, 0.3) is 0 Å². The van der Waals surface area contributed by atoms with E-state index in [0.29, 0.717) is 12.6 Å². The van der Waals surface area contributed by atoms with Crippen LogP contribution < -0.4 is 10.5 Å². The van der Waals surface area contributed by atoms with E-state index in [9.17, 15) is 0 Å². The normalized spacial score (nSPS) is 10.6. The van der Waals surface area contributed by atoms with Crippen molar-refractivity contribution in [2.75, 3.05) is 0 Å². The maximum atomic E-state index is 5.84. The van der Waals surface area contributed by atoms with Gasteiger partial charge in [0, 0.05) is 17.9 Å². The molecule has 0 bridgehead atoms. The standard InChI is InChI=1S/C15H19N3O/c1-9-5-13(8-16)6-10(2)14(9)19-15-17-11(3)7-12(4)18-15/h5-7H,8,16H2,1-4H3. The minimum atomic E-state index is 0.393. The number of hydrogen-bond acceptors (Lipinski definition) is 4. The molecule has 0 fully saturated rings. The second kappa shape index (κ2) is 5.36. The van der Waals surface area contributed by atoms with Crippen LogP contribution in [0.2, 0.25) is 0 Å². The van der Waals surface area contributed by atoms with Gasteiger partial charge in [-0.15, -0.1) is 0 Å². The van der Waals surface area contributed by atoms with Gasteiger partial charge in [-0.2, -0.15) is 0 Å². The van der Waals surface area contributed by atoms with Crippen LogP contribution in [0.25, 0.3) is 0 Å². The predicted molar refractivity (Wildman–Crippen MR) is 75.4 cm³/mol. The lowest BCUT2D eigenvalue weighted by Crippen LogP contribution is -2.01. The van der Waals surface area contributed by atoms with Gasteiger partial charge in [0.2, 0.25) is 0 Å². The molecule has 0 unspecified atom stereocenters. The molecule has 4 heteroatoms. The quantitative estimate of drug-likeness (QED) is 0.918. The fourth-order valence-corrected chi connectivity index (χ4v) is 2.15. The molecule has 1 aromatic heterocycles. The Bertz CT molecular complexity index is 565. The Morgan fingerprint density at radius 3 is 1.95 bits per heavy atom. The third-order valence-corrected chi connectivity index (χ3v) is 2.91. The Labute approximate surface area is 113 Å². The molecule has 0 radical (unpaired) electrons. The zero-order valence-electron chi connectivity index (χ0n) is 11.8. The molecule has 0 saturated heterocycles. The van der Waals surface area contributed by atoms with Gasteiger partial charge in [-0.3, -0.25) is 0 Å². The summed E-state index contributed by atoms with van der Waals surface area (Å²) in [6.07, 6.45) is 0. The fourth-order valence-electron chi connectivity index (χ4n) is 2.15. The average molecular weight is 257 g/mol. The Kier molecular flexibility index (Phi) is 3.81. The number of nitrogens with zero attached hydrogens (tertiary/aromatic N) is 2. The predicted octanol–water partition coefficient (Wildman–Crippen LogP) is 2.96. The number of hydrogen-bond donors (Lipinski definition) is 1. The number of nitrogens with two attached hydrogens (primary N) is 1. The van der Waals surface area contributed by atoms with Crippen LogP contribution in [0.5, 0.6) is 11.8 Å². The van der Waals surface area contributed by atoms with Crippen LogP contribution in [0.3, 0.4) is 0 Å². The minimum Gasteiger partial charge on any atom is -0.424 e. The van der Waals surface area contributed by atoms with E-state index in [2.05, 4.69) is 9.97 Å². The van der Waals surface area contributed by atoms with E-state index in [0.717, 1.165) is 33.8 Å². The summed E-state index contributed by atoms with van der Waals surface area (Å²) in [5, 5.41) is 0. The molecule has 0 aliphatic rings. The summed E-state index contributed by atoms with van der Waals surface area (Å²) in [4.78, 5) is 8.59. The summed E-state index contributed by atoms with van der Waals surface area (Å²) in [6, 6.07) is 6.38. The van der Waals surface area contributed by atoms with E-state index in [1.165, 1.54) is 0 Å². The summed E-state index contributed by atoms with van der Waals surface area (Å²) in [6.45, 7) is 8.40. The van der Waals surface area contributed by atoms with Crippen molar-refractivity contribution in [1.29, 1.82) is 0 Å². The zero-order chi connectivity index (χ0) is 14.0. The van der Waals surface area contributed by atoms with Gasteiger partial charge in [0.1, 0.15) is 5.75 Å². The molecule has 2 rings (SSSR count). The van der Waals surface area contributed by atoms with Crippen LogP contribution in [-0.4, -0.2) is 9.97 Å². The topological polar surface area (TPSA) is 61.0 Å². The van der Waals surface area contributed by atoms with Crippen molar-refractivity contribution >= 4 is 0 Å². The van der Waals surface area contributed by atoms with Crippen LogP contribution >= 0.6 is 0 Å². The molecule has 2 aromatic rings. The maximum Gasteiger partial charge on any atom is 0.322 e. The van der Waals surface area contributed by atoms with Crippen molar-refractivity contribution in [3.05, 3.63) is 46.3 Å². The first-order valence-electron chi connectivity index (χ1n) is 6.30. The van der Waals surface area contributed by atoms with Gasteiger partial charge in [-0.1, -0.05) is 12.1 Å². The van der Waals surface area contributed by atoms with Crippen LogP contribution in [0.4, 0.5) is 0 Å². The smallest absolute Gasteiger partial charge is 0.322 e. The van der Waals surface area contributed by atoms with Gasteiger partial charge in [0.05, 0.1) is 0 Å². The van der Waals surface area contributed by atoms with Crippen LogP contribution in [0.15, 0.2) is 18.2 Å². The first-order valence-corrected chi connectivity index (χ1v) is 6.30. The summed E-state index contributed by atoms with van der Waals surface area (Å²) in [5.41, 5.74) is 10.7. The summed E-state index contributed by atoms with van der Waals surface area (Å²) < 4.78 is 5.84. The van der Waals surface area contributed by atoms with Gasteiger partial charge in [-0.25, -0.2) is 9.97 Å². The van der Waals surface area contributed by atoms with Gasteiger partial charge in [-0.05, 0) is 50.5 Å². The average Bonchev–Trinajstić information content (AvgIpc) is 2.32. The van der Waals surface area contributed by atoms with E-state index in [1.807, 2.05) is 45.9 Å². The molecule has 1 heterocycles. The summed E-state index contributed by atoms with van der Waals surface area (Å²) >= 11 is 0. The van der Waals surface area contributed by atoms with Crippen LogP contribution in [0.1, 0.15) is 28.1 Å². The molecule has 2 N–H and O–H groups in total. The molecule has 0 amide bonds. The highest BCUT2D eigenvalue weighted by Crippen LogP contribution is 2.28. The Balaban J connectivity index is 2.38. The lowest BCUT2D eigenvalue weighted by atomic mass is 10.1. The molecule has 4 nitrogen and oxygen atoms in total. The molecule has 0 aliphatic carbocycles. The first-order chi connectivity index (χ1) is 8.99. The Hall–Kier alpha value is -1.94.